The lowest BCUT2D eigenvalue weighted by molar-refractivity contribution is -0.138. The Labute approximate surface area is 421 Å². The minimum Gasteiger partial charge on any atom is -0.494 e. The maximum atomic E-state index is 15.2. The molecule has 5 fully saturated rings. The highest BCUT2D eigenvalue weighted by molar-refractivity contribution is 9.10. The van der Waals surface area contributed by atoms with Crippen molar-refractivity contribution in [1.29, 1.82) is 0 Å². The van der Waals surface area contributed by atoms with Crippen LogP contribution in [0.3, 0.4) is 0 Å². The third-order valence-corrected chi connectivity index (χ3v) is 19.1. The predicted octanol–water partition coefficient (Wildman–Crippen LogP) is 8.24. The number of nitrogens with one attached hydrogen (secondary N) is 3. The molecular formula is C52H60BrF2N10O5P. The van der Waals surface area contributed by atoms with Gasteiger partial charge >= 0.3 is 0 Å². The number of amides is 3. The number of piperidine rings is 2. The largest absolute Gasteiger partial charge is 0.494 e. The molecule has 19 heteroatoms. The lowest BCUT2D eigenvalue weighted by atomic mass is 9.89. The molecule has 15 nitrogen and oxygen atoms in total. The number of rotatable bonds is 13. The molecular weight excluding hydrogens is 994 g/mol. The molecule has 5 aliphatic heterocycles. The highest BCUT2D eigenvalue weighted by Gasteiger charge is 2.40. The van der Waals surface area contributed by atoms with Crippen LogP contribution in [0.2, 0.25) is 0 Å². The Kier molecular flexibility index (Phi) is 14.1. The van der Waals surface area contributed by atoms with E-state index in [4.69, 9.17) is 14.7 Å². The molecule has 3 amide bonds. The molecule has 1 unspecified atom stereocenters. The first-order chi connectivity index (χ1) is 34.3. The monoisotopic (exact) mass is 1050 g/mol. The molecule has 5 aliphatic rings. The third-order valence-electron chi connectivity index (χ3n) is 15.2. The van der Waals surface area contributed by atoms with E-state index >= 15 is 8.78 Å². The van der Waals surface area contributed by atoms with Crippen molar-refractivity contribution in [3.63, 3.8) is 0 Å². The summed E-state index contributed by atoms with van der Waals surface area (Å²) < 4.78 is 51.6. The first-order valence-corrected chi connectivity index (χ1v) is 27.8. The fourth-order valence-corrected chi connectivity index (χ4v) is 14.8. The van der Waals surface area contributed by atoms with Crippen LogP contribution in [-0.2, 0) is 31.8 Å². The summed E-state index contributed by atoms with van der Waals surface area (Å²) >= 11 is 3.66. The van der Waals surface area contributed by atoms with E-state index in [-0.39, 0.29) is 30.2 Å². The van der Waals surface area contributed by atoms with Crippen molar-refractivity contribution in [3.05, 3.63) is 87.7 Å². The third kappa shape index (κ3) is 9.83. The van der Waals surface area contributed by atoms with Gasteiger partial charge in [-0.25, -0.2) is 13.8 Å². The number of ether oxygens (including phenoxy) is 1. The summed E-state index contributed by atoms with van der Waals surface area (Å²) in [6, 6.07) is 15.1. The van der Waals surface area contributed by atoms with Crippen LogP contribution in [-0.4, -0.2) is 120 Å². The summed E-state index contributed by atoms with van der Waals surface area (Å²) in [6.07, 6.45) is 8.65. The number of anilines is 6. The zero-order valence-corrected chi connectivity index (χ0v) is 42.9. The molecule has 0 saturated carbocycles. The molecule has 0 bridgehead atoms. The summed E-state index contributed by atoms with van der Waals surface area (Å²) in [5, 5.41) is 10.9. The molecule has 5 saturated heterocycles. The molecule has 0 radical (unpaired) electrons. The molecule has 71 heavy (non-hydrogen) atoms. The molecule has 3 N–H and O–H groups in total. The minimum absolute atomic E-state index is 0.0272. The number of aryl methyl sites for hydroxylation is 2. The lowest BCUT2D eigenvalue weighted by Crippen LogP contribution is -2.59. The fourth-order valence-electron chi connectivity index (χ4n) is 11.2. The molecule has 2 aromatic heterocycles. The number of piperazine rings is 1. The van der Waals surface area contributed by atoms with Crippen LogP contribution in [0.5, 0.6) is 5.75 Å². The van der Waals surface area contributed by atoms with Crippen LogP contribution >= 0.6 is 23.1 Å². The number of fused-ring (bicyclic) bond motifs is 1. The van der Waals surface area contributed by atoms with Gasteiger partial charge in [0.1, 0.15) is 30.3 Å². The Balaban J connectivity index is 0.744. The number of carbonyl (C=O) groups excluding carboxylic acids is 3. The first kappa shape index (κ1) is 48.9. The molecule has 5 aromatic rings. The summed E-state index contributed by atoms with van der Waals surface area (Å²) in [4.78, 5) is 60.5. The van der Waals surface area contributed by atoms with E-state index in [1.807, 2.05) is 23.1 Å². The zero-order valence-electron chi connectivity index (χ0n) is 40.4. The van der Waals surface area contributed by atoms with Gasteiger partial charge in [-0.3, -0.25) is 29.6 Å². The van der Waals surface area contributed by atoms with Crippen LogP contribution in [0, 0.1) is 17.6 Å². The Hall–Kier alpha value is -5.71. The number of pyridine rings is 1. The Bertz CT molecular complexity index is 2910. The number of methoxy groups -OCH3 is 1. The van der Waals surface area contributed by atoms with E-state index in [0.717, 1.165) is 104 Å². The van der Waals surface area contributed by atoms with Gasteiger partial charge < -0.3 is 34.6 Å². The van der Waals surface area contributed by atoms with Crippen molar-refractivity contribution in [1.82, 2.24) is 30.1 Å². The number of nitrogens with zero attached hydrogens (tertiary/aromatic N) is 7. The number of aromatic nitrogens is 3. The summed E-state index contributed by atoms with van der Waals surface area (Å²) in [7, 11) is -0.994. The molecule has 0 spiro atoms. The van der Waals surface area contributed by atoms with Gasteiger partial charge in [0.25, 0.3) is 0 Å². The number of hydrogen-bond donors (Lipinski definition) is 3. The molecule has 10 rings (SSSR count). The second-order valence-electron chi connectivity index (χ2n) is 19.4. The smallest absolute Gasteiger partial charge is 0.234 e. The lowest BCUT2D eigenvalue weighted by Gasteiger charge is -2.46. The molecule has 1 atom stereocenters. The molecule has 3 aromatic carbocycles. The van der Waals surface area contributed by atoms with Gasteiger partial charge in [-0.1, -0.05) is 19.9 Å². The van der Waals surface area contributed by atoms with Crippen molar-refractivity contribution in [2.75, 3.05) is 92.2 Å². The second-order valence-corrected chi connectivity index (χ2v) is 23.4. The van der Waals surface area contributed by atoms with E-state index < -0.39 is 36.5 Å². The average molecular weight is 1050 g/mol. The SMILES string of the molecule is CCc1ccc2c(P3(=O)CCCC3)c(Nc3nc(Nc4cc(CC)c(N5CCC(N6CCN(C(=O)C7CN(c8cc(F)c(C9CCC(=O)NC9=O)c(F)c8)C7)CC6)CC5)cc4OC)ncc3Br)ccc2n1. The zero-order chi connectivity index (χ0) is 49.6. The normalized spacial score (nSPS) is 20.0. The Morgan fingerprint density at radius 2 is 1.61 bits per heavy atom. The van der Waals surface area contributed by atoms with Crippen LogP contribution in [0.1, 0.15) is 75.1 Å². The summed E-state index contributed by atoms with van der Waals surface area (Å²) in [6.45, 7) is 9.57. The van der Waals surface area contributed by atoms with E-state index in [1.165, 1.54) is 17.7 Å². The van der Waals surface area contributed by atoms with Crippen molar-refractivity contribution in [2.24, 2.45) is 5.92 Å². The quantitative estimate of drug-likeness (QED) is 0.0764. The van der Waals surface area contributed by atoms with Crippen molar-refractivity contribution in [2.45, 2.75) is 77.2 Å². The topological polar surface area (TPSA) is 165 Å². The van der Waals surface area contributed by atoms with Crippen LogP contribution in [0.25, 0.3) is 10.9 Å². The number of halogens is 3. The Morgan fingerprint density at radius 3 is 2.28 bits per heavy atom. The number of imide groups is 1. The van der Waals surface area contributed by atoms with E-state index in [0.29, 0.717) is 72.2 Å². The first-order valence-electron chi connectivity index (χ1n) is 25.0. The van der Waals surface area contributed by atoms with Crippen LogP contribution < -0.4 is 35.8 Å². The number of benzene rings is 3. The second kappa shape index (κ2) is 20.4. The van der Waals surface area contributed by atoms with Gasteiger partial charge in [-0.05, 0) is 103 Å². The van der Waals surface area contributed by atoms with Crippen molar-refractivity contribution < 1.29 is 32.5 Å². The predicted molar refractivity (Wildman–Crippen MR) is 277 cm³/mol. The maximum absolute atomic E-state index is 15.2. The van der Waals surface area contributed by atoms with Crippen molar-refractivity contribution >= 4 is 91.5 Å². The number of hydrogen-bond acceptors (Lipinski definition) is 13. The van der Waals surface area contributed by atoms with Gasteiger partial charge in [-0.2, -0.15) is 4.98 Å². The van der Waals surface area contributed by atoms with Gasteiger partial charge in [-0.15, -0.1) is 0 Å². The fraction of sp³-hybridized carbons (Fsp3) is 0.462. The number of carbonyl (C=O) groups is 3. The average Bonchev–Trinajstić information content (AvgIpc) is 3.81. The Morgan fingerprint density at radius 1 is 0.873 bits per heavy atom. The molecule has 374 valence electrons. The highest BCUT2D eigenvalue weighted by atomic mass is 79.9. The van der Waals surface area contributed by atoms with E-state index in [1.54, 1.807) is 18.2 Å². The van der Waals surface area contributed by atoms with Crippen LogP contribution in [0.4, 0.5) is 43.3 Å². The summed E-state index contributed by atoms with van der Waals surface area (Å²) in [5.41, 5.74) is 5.70. The molecule has 0 aliphatic carbocycles. The van der Waals surface area contributed by atoms with Crippen LogP contribution in [0.15, 0.2) is 59.2 Å². The van der Waals surface area contributed by atoms with Gasteiger partial charge in [0.2, 0.25) is 23.7 Å². The van der Waals surface area contributed by atoms with E-state index in [9.17, 15) is 18.9 Å². The van der Waals surface area contributed by atoms with Gasteiger partial charge in [0.05, 0.1) is 40.3 Å². The standard InChI is InChI=1S/C52H60BrF2N10O5P/c1-4-31-24-43(59-52-56-28-38(53)49(61-52)58-42-12-11-41-36(9-8-33(5-2)57-41)48(42)71(69)22-6-7-23-71)45(70-3)27-44(31)63-16-14-34(15-17-63)62-18-20-64(21-19-62)51(68)32-29-65(30-32)35-25-39(54)47(40(55)26-35)37-10-13-46(66)60-50(37)67/h8-9,11-12,24-28,32,34,37H,4-7,10,13-23,29-30H2,1-3H3,(H,60,66,67)(H2,56,58,59,61). The van der Waals surface area contributed by atoms with Crippen molar-refractivity contribution in [3.8, 4) is 5.75 Å². The van der Waals surface area contributed by atoms with E-state index in [2.05, 4.69) is 78.7 Å². The summed E-state index contributed by atoms with van der Waals surface area (Å²) in [5.74, 6) is -2.43. The van der Waals surface area contributed by atoms with Gasteiger partial charge in [0.15, 0.2) is 0 Å². The highest BCUT2D eigenvalue weighted by Crippen LogP contribution is 2.54. The minimum atomic E-state index is -2.66. The molecule has 7 heterocycles. The maximum Gasteiger partial charge on any atom is 0.234 e. The van der Waals surface area contributed by atoms with Gasteiger partial charge in [0, 0.05) is 123 Å².